The summed E-state index contributed by atoms with van der Waals surface area (Å²) in [5, 5.41) is 3.38. The Balaban J connectivity index is 1.41. The summed E-state index contributed by atoms with van der Waals surface area (Å²) in [5.74, 6) is 2.31. The number of nitrogens with zero attached hydrogens (tertiary/aromatic N) is 6. The van der Waals surface area contributed by atoms with Crippen LogP contribution in [-0.2, 0) is 21.4 Å². The topological polar surface area (TPSA) is 78.9 Å². The van der Waals surface area contributed by atoms with Gasteiger partial charge in [0.1, 0.15) is 11.6 Å². The highest BCUT2D eigenvalue weighted by molar-refractivity contribution is 5.69. The van der Waals surface area contributed by atoms with Crippen molar-refractivity contribution in [3.05, 3.63) is 59.9 Å². The second-order valence-electron chi connectivity index (χ2n) is 10.0. The van der Waals surface area contributed by atoms with Gasteiger partial charge in [-0.1, -0.05) is 13.0 Å². The molecule has 9 heteroatoms. The van der Waals surface area contributed by atoms with Crippen molar-refractivity contribution in [1.82, 2.24) is 19.9 Å². The third-order valence-electron chi connectivity index (χ3n) is 6.69. The van der Waals surface area contributed by atoms with Crippen molar-refractivity contribution in [1.29, 1.82) is 0 Å². The number of hydrogen-bond donors (Lipinski definition) is 1. The molecule has 2 aliphatic rings. The molecule has 5 rings (SSSR count). The molecule has 0 bridgehead atoms. The number of benzene rings is 1. The number of methoxy groups -OCH3 is 1. The van der Waals surface area contributed by atoms with Crippen LogP contribution in [0, 0.1) is 0 Å². The highest BCUT2D eigenvalue weighted by atomic mass is 16.5. The van der Waals surface area contributed by atoms with Crippen LogP contribution in [0.25, 0.3) is 0 Å². The van der Waals surface area contributed by atoms with Gasteiger partial charge < -0.3 is 29.5 Å². The minimum Gasteiger partial charge on any atom is -0.384 e. The van der Waals surface area contributed by atoms with Gasteiger partial charge in [-0.15, -0.1) is 0 Å². The lowest BCUT2D eigenvalue weighted by molar-refractivity contribution is 0.122. The van der Waals surface area contributed by atoms with Gasteiger partial charge in [-0.3, -0.25) is 0 Å². The summed E-state index contributed by atoms with van der Waals surface area (Å²) in [6.45, 7) is 7.65. The molecule has 36 heavy (non-hydrogen) atoms. The van der Waals surface area contributed by atoms with Gasteiger partial charge in [-0.2, -0.15) is 4.98 Å². The molecule has 4 heterocycles. The van der Waals surface area contributed by atoms with Crippen LogP contribution in [0.2, 0.25) is 0 Å². The van der Waals surface area contributed by atoms with Crippen molar-refractivity contribution < 1.29 is 9.47 Å². The monoisotopic (exact) mass is 489 g/mol. The van der Waals surface area contributed by atoms with Crippen LogP contribution in [0.15, 0.2) is 48.7 Å². The van der Waals surface area contributed by atoms with E-state index in [9.17, 15) is 0 Å². The van der Waals surface area contributed by atoms with E-state index < -0.39 is 0 Å². The fraction of sp³-hybridized carbons (Fsp3) is 0.444. The average molecular weight is 490 g/mol. The number of nitrogens with one attached hydrogen (secondary N) is 1. The van der Waals surface area contributed by atoms with Gasteiger partial charge in [-0.05, 0) is 50.5 Å². The molecule has 1 atom stereocenters. The Morgan fingerprint density at radius 1 is 1.08 bits per heavy atom. The Labute approximate surface area is 213 Å². The SMILES string of the molecule is COCC1(C)CN(c2cccc(CN(C)C)n2)c2nc(Nc3ccc(N4CCOCC4)cc3)ncc21. The Kier molecular flexibility index (Phi) is 7.04. The summed E-state index contributed by atoms with van der Waals surface area (Å²) in [6.07, 6.45) is 1.93. The van der Waals surface area contributed by atoms with Crippen LogP contribution in [0.5, 0.6) is 0 Å². The minimum atomic E-state index is -0.234. The van der Waals surface area contributed by atoms with Crippen molar-refractivity contribution >= 4 is 29.0 Å². The lowest BCUT2D eigenvalue weighted by Crippen LogP contribution is -2.36. The number of rotatable bonds is 8. The van der Waals surface area contributed by atoms with Crippen LogP contribution in [-0.4, -0.2) is 80.5 Å². The van der Waals surface area contributed by atoms with E-state index in [1.54, 1.807) is 7.11 Å². The molecule has 1 fully saturated rings. The molecule has 2 aromatic heterocycles. The smallest absolute Gasteiger partial charge is 0.229 e. The fourth-order valence-electron chi connectivity index (χ4n) is 4.94. The first-order chi connectivity index (χ1) is 17.4. The van der Waals surface area contributed by atoms with Crippen LogP contribution < -0.4 is 15.1 Å². The van der Waals surface area contributed by atoms with E-state index in [0.717, 1.165) is 68.0 Å². The largest absolute Gasteiger partial charge is 0.384 e. The van der Waals surface area contributed by atoms with Gasteiger partial charge in [0.25, 0.3) is 0 Å². The molecule has 2 aliphatic heterocycles. The first-order valence-electron chi connectivity index (χ1n) is 12.4. The molecule has 0 radical (unpaired) electrons. The van der Waals surface area contributed by atoms with Gasteiger partial charge in [0, 0.05) is 61.8 Å². The third kappa shape index (κ3) is 5.13. The molecule has 0 amide bonds. The van der Waals surface area contributed by atoms with E-state index in [1.807, 2.05) is 26.4 Å². The van der Waals surface area contributed by atoms with Crippen LogP contribution in [0.3, 0.4) is 0 Å². The van der Waals surface area contributed by atoms with E-state index >= 15 is 0 Å². The number of aromatic nitrogens is 3. The Morgan fingerprint density at radius 3 is 2.58 bits per heavy atom. The molecule has 0 saturated carbocycles. The second-order valence-corrected chi connectivity index (χ2v) is 10.0. The maximum Gasteiger partial charge on any atom is 0.229 e. The molecule has 1 N–H and O–H groups in total. The molecular weight excluding hydrogens is 454 g/mol. The first-order valence-corrected chi connectivity index (χ1v) is 12.4. The van der Waals surface area contributed by atoms with Gasteiger partial charge in [0.05, 0.1) is 25.5 Å². The lowest BCUT2D eigenvalue weighted by Gasteiger charge is -2.28. The van der Waals surface area contributed by atoms with E-state index in [1.165, 1.54) is 5.69 Å². The molecule has 0 aliphatic carbocycles. The zero-order valence-electron chi connectivity index (χ0n) is 21.6. The predicted molar refractivity (Wildman–Crippen MR) is 143 cm³/mol. The predicted octanol–water partition coefficient (Wildman–Crippen LogP) is 3.57. The Bertz CT molecular complexity index is 1180. The molecule has 1 unspecified atom stereocenters. The molecule has 1 aromatic carbocycles. The van der Waals surface area contributed by atoms with Gasteiger partial charge in [0.15, 0.2) is 0 Å². The fourth-order valence-corrected chi connectivity index (χ4v) is 4.94. The first kappa shape index (κ1) is 24.4. The summed E-state index contributed by atoms with van der Waals surface area (Å²) in [5.41, 5.74) is 4.00. The maximum absolute atomic E-state index is 5.60. The lowest BCUT2D eigenvalue weighted by atomic mass is 9.87. The maximum atomic E-state index is 5.60. The van der Waals surface area contributed by atoms with E-state index in [4.69, 9.17) is 19.4 Å². The summed E-state index contributed by atoms with van der Waals surface area (Å²) >= 11 is 0. The van der Waals surface area contributed by atoms with Crippen LogP contribution in [0.1, 0.15) is 18.2 Å². The van der Waals surface area contributed by atoms with Crippen molar-refractivity contribution in [3.8, 4) is 0 Å². The van der Waals surface area contributed by atoms with Gasteiger partial charge in [-0.25, -0.2) is 9.97 Å². The molecule has 1 saturated heterocycles. The minimum absolute atomic E-state index is 0.234. The number of anilines is 5. The average Bonchev–Trinajstić information content (AvgIpc) is 3.17. The molecule has 190 valence electrons. The molecule has 9 nitrogen and oxygen atoms in total. The van der Waals surface area contributed by atoms with Gasteiger partial charge in [0.2, 0.25) is 5.95 Å². The number of pyridine rings is 1. The second kappa shape index (κ2) is 10.4. The van der Waals surface area contributed by atoms with E-state index in [-0.39, 0.29) is 5.41 Å². The van der Waals surface area contributed by atoms with Crippen molar-refractivity contribution in [2.75, 3.05) is 75.8 Å². The van der Waals surface area contributed by atoms with Crippen molar-refractivity contribution in [2.24, 2.45) is 0 Å². The standard InChI is InChI=1S/C27H35N7O2/c1-27(19-35-4)18-34(24-7-5-6-21(29-24)17-32(2)3)25-23(27)16-28-26(31-25)30-20-8-10-22(11-9-20)33-12-14-36-15-13-33/h5-11,16H,12-15,17-19H2,1-4H3,(H,28,30,31). The highest BCUT2D eigenvalue weighted by Crippen LogP contribution is 2.43. The normalized spacial score (nSPS) is 19.6. The molecule has 0 spiro atoms. The Hall–Kier alpha value is -3.27. The number of hydrogen-bond acceptors (Lipinski definition) is 9. The number of fused-ring (bicyclic) bond motifs is 1. The summed E-state index contributed by atoms with van der Waals surface area (Å²) < 4.78 is 11.1. The Morgan fingerprint density at radius 2 is 1.86 bits per heavy atom. The number of ether oxygens (including phenoxy) is 2. The van der Waals surface area contributed by atoms with Crippen molar-refractivity contribution in [2.45, 2.75) is 18.9 Å². The highest BCUT2D eigenvalue weighted by Gasteiger charge is 2.42. The van der Waals surface area contributed by atoms with Crippen LogP contribution in [0.4, 0.5) is 29.0 Å². The summed E-state index contributed by atoms with van der Waals surface area (Å²) in [6, 6.07) is 14.6. The van der Waals surface area contributed by atoms with E-state index in [2.05, 4.69) is 68.3 Å². The van der Waals surface area contributed by atoms with Crippen LogP contribution >= 0.6 is 0 Å². The summed E-state index contributed by atoms with van der Waals surface area (Å²) in [7, 11) is 5.84. The van der Waals surface area contributed by atoms with E-state index in [0.29, 0.717) is 12.6 Å². The quantitative estimate of drug-likeness (QED) is 0.511. The third-order valence-corrected chi connectivity index (χ3v) is 6.69. The van der Waals surface area contributed by atoms with Crippen molar-refractivity contribution in [3.63, 3.8) is 0 Å². The number of morpholine rings is 1. The molecular formula is C27H35N7O2. The summed E-state index contributed by atoms with van der Waals surface area (Å²) in [4.78, 5) is 21.2. The molecule has 3 aromatic rings. The van der Waals surface area contributed by atoms with Gasteiger partial charge >= 0.3 is 0 Å². The zero-order chi connectivity index (χ0) is 25.1. The zero-order valence-corrected chi connectivity index (χ0v) is 21.6.